The Balaban J connectivity index is 1.52. The Labute approximate surface area is 168 Å². The minimum Gasteiger partial charge on any atom is -0.358 e. The summed E-state index contributed by atoms with van der Waals surface area (Å²) < 4.78 is 15.5. The summed E-state index contributed by atoms with van der Waals surface area (Å²) in [6, 6.07) is 14.3. The zero-order chi connectivity index (χ0) is 20.5. The third kappa shape index (κ3) is 3.66. The summed E-state index contributed by atoms with van der Waals surface area (Å²) in [4.78, 5) is 15.9. The van der Waals surface area contributed by atoms with Crippen molar-refractivity contribution in [3.63, 3.8) is 0 Å². The first kappa shape index (κ1) is 18.9. The van der Waals surface area contributed by atoms with Gasteiger partial charge >= 0.3 is 0 Å². The SMILES string of the molecule is Cc1[nH]c2ccc(F)cc2c1CC(=O)NC(C)c1cnn(-c2ccccc2)c1C. The van der Waals surface area contributed by atoms with Crippen LogP contribution in [0.25, 0.3) is 16.6 Å². The van der Waals surface area contributed by atoms with Gasteiger partial charge in [-0.05, 0) is 56.7 Å². The Morgan fingerprint density at radius 1 is 1.21 bits per heavy atom. The smallest absolute Gasteiger partial charge is 0.224 e. The fourth-order valence-corrected chi connectivity index (χ4v) is 3.79. The van der Waals surface area contributed by atoms with Crippen molar-refractivity contribution in [2.24, 2.45) is 0 Å². The molecule has 0 aliphatic carbocycles. The average molecular weight is 390 g/mol. The van der Waals surface area contributed by atoms with Crippen LogP contribution < -0.4 is 5.32 Å². The number of para-hydroxylation sites is 1. The quantitative estimate of drug-likeness (QED) is 0.526. The lowest BCUT2D eigenvalue weighted by atomic mass is 10.1. The van der Waals surface area contributed by atoms with Gasteiger partial charge < -0.3 is 10.3 Å². The summed E-state index contributed by atoms with van der Waals surface area (Å²) in [5.41, 5.74) is 5.45. The topological polar surface area (TPSA) is 62.7 Å². The zero-order valence-corrected chi connectivity index (χ0v) is 16.7. The van der Waals surface area contributed by atoms with Crippen molar-refractivity contribution < 1.29 is 9.18 Å². The van der Waals surface area contributed by atoms with Crippen molar-refractivity contribution in [1.29, 1.82) is 0 Å². The lowest BCUT2D eigenvalue weighted by Crippen LogP contribution is -2.28. The van der Waals surface area contributed by atoms with Crippen LogP contribution in [0.4, 0.5) is 4.39 Å². The van der Waals surface area contributed by atoms with Gasteiger partial charge in [-0.1, -0.05) is 18.2 Å². The van der Waals surface area contributed by atoms with Crippen molar-refractivity contribution in [2.45, 2.75) is 33.2 Å². The van der Waals surface area contributed by atoms with Crippen molar-refractivity contribution >= 4 is 16.8 Å². The minimum atomic E-state index is -0.310. The summed E-state index contributed by atoms with van der Waals surface area (Å²) in [7, 11) is 0. The van der Waals surface area contributed by atoms with Gasteiger partial charge in [-0.25, -0.2) is 9.07 Å². The Morgan fingerprint density at radius 3 is 2.72 bits per heavy atom. The second kappa shape index (κ2) is 7.54. The molecule has 0 saturated heterocycles. The number of carbonyl (C=O) groups excluding carboxylic acids is 1. The van der Waals surface area contributed by atoms with E-state index in [0.29, 0.717) is 0 Å². The van der Waals surface area contributed by atoms with Crippen LogP contribution in [-0.2, 0) is 11.2 Å². The van der Waals surface area contributed by atoms with E-state index in [4.69, 9.17) is 0 Å². The van der Waals surface area contributed by atoms with E-state index >= 15 is 0 Å². The molecule has 0 aliphatic rings. The lowest BCUT2D eigenvalue weighted by Gasteiger charge is -2.14. The summed E-state index contributed by atoms with van der Waals surface area (Å²) >= 11 is 0. The van der Waals surface area contributed by atoms with Gasteiger partial charge in [0.05, 0.1) is 24.3 Å². The van der Waals surface area contributed by atoms with Gasteiger partial charge in [-0.15, -0.1) is 0 Å². The summed E-state index contributed by atoms with van der Waals surface area (Å²) in [6.45, 7) is 5.83. The molecular formula is C23H23FN4O. The van der Waals surface area contributed by atoms with Crippen LogP contribution >= 0.6 is 0 Å². The van der Waals surface area contributed by atoms with Gasteiger partial charge in [0.2, 0.25) is 5.91 Å². The average Bonchev–Trinajstić information content (AvgIpc) is 3.22. The van der Waals surface area contributed by atoms with Crippen molar-refractivity contribution in [3.8, 4) is 5.69 Å². The highest BCUT2D eigenvalue weighted by Crippen LogP contribution is 2.24. The van der Waals surface area contributed by atoms with E-state index in [1.54, 1.807) is 12.3 Å². The van der Waals surface area contributed by atoms with Crippen LogP contribution in [-0.4, -0.2) is 20.7 Å². The third-order valence-electron chi connectivity index (χ3n) is 5.31. The molecule has 1 atom stereocenters. The molecule has 0 spiro atoms. The normalized spacial score (nSPS) is 12.3. The zero-order valence-electron chi connectivity index (χ0n) is 16.7. The van der Waals surface area contributed by atoms with Crippen LogP contribution in [0.2, 0.25) is 0 Å². The first-order chi connectivity index (χ1) is 13.9. The number of aromatic nitrogens is 3. The monoisotopic (exact) mass is 390 g/mol. The van der Waals surface area contributed by atoms with Gasteiger partial charge in [0, 0.05) is 27.9 Å². The van der Waals surface area contributed by atoms with E-state index in [9.17, 15) is 9.18 Å². The molecule has 1 unspecified atom stereocenters. The van der Waals surface area contributed by atoms with Crippen LogP contribution in [0.15, 0.2) is 54.7 Å². The number of aryl methyl sites for hydroxylation is 1. The molecule has 0 radical (unpaired) electrons. The third-order valence-corrected chi connectivity index (χ3v) is 5.31. The number of hydrogen-bond acceptors (Lipinski definition) is 2. The molecule has 2 heterocycles. The molecule has 0 bridgehead atoms. The summed E-state index contributed by atoms with van der Waals surface area (Å²) in [5, 5.41) is 8.27. The summed E-state index contributed by atoms with van der Waals surface area (Å²) in [6.07, 6.45) is 1.98. The van der Waals surface area contributed by atoms with E-state index in [1.165, 1.54) is 12.1 Å². The Hall–Kier alpha value is -3.41. The number of carbonyl (C=O) groups is 1. The van der Waals surface area contributed by atoms with Gasteiger partial charge in [0.1, 0.15) is 5.82 Å². The largest absolute Gasteiger partial charge is 0.358 e. The maximum Gasteiger partial charge on any atom is 0.224 e. The van der Waals surface area contributed by atoms with Gasteiger partial charge in [0.15, 0.2) is 0 Å². The van der Waals surface area contributed by atoms with E-state index in [1.807, 2.05) is 55.8 Å². The molecule has 29 heavy (non-hydrogen) atoms. The number of benzene rings is 2. The Kier molecular flexibility index (Phi) is 4.92. The predicted molar refractivity (Wildman–Crippen MR) is 112 cm³/mol. The fourth-order valence-electron chi connectivity index (χ4n) is 3.79. The van der Waals surface area contributed by atoms with Crippen molar-refractivity contribution in [3.05, 3.63) is 83.1 Å². The number of H-pyrrole nitrogens is 1. The molecule has 0 aliphatic heterocycles. The molecule has 148 valence electrons. The molecule has 2 N–H and O–H groups in total. The van der Waals surface area contributed by atoms with Crippen molar-refractivity contribution in [1.82, 2.24) is 20.1 Å². The van der Waals surface area contributed by atoms with Crippen LogP contribution in [0.5, 0.6) is 0 Å². The maximum atomic E-state index is 13.7. The number of rotatable bonds is 5. The highest BCUT2D eigenvalue weighted by molar-refractivity contribution is 5.90. The molecule has 4 aromatic rings. The number of nitrogens with zero attached hydrogens (tertiary/aromatic N) is 2. The predicted octanol–water partition coefficient (Wildman–Crippen LogP) is 4.53. The van der Waals surface area contributed by atoms with E-state index in [-0.39, 0.29) is 24.2 Å². The second-order valence-corrected chi connectivity index (χ2v) is 7.32. The lowest BCUT2D eigenvalue weighted by molar-refractivity contribution is -0.121. The molecule has 5 nitrogen and oxygen atoms in total. The number of hydrogen-bond donors (Lipinski definition) is 2. The standard InChI is InChI=1S/C23H23FN4O/c1-14-19(20-11-17(24)9-10-22(20)26-14)12-23(29)27-15(2)21-13-25-28(16(21)3)18-7-5-4-6-8-18/h4-11,13,15,26H,12H2,1-3H3,(H,27,29). The maximum absolute atomic E-state index is 13.7. The number of aromatic amines is 1. The van der Waals surface area contributed by atoms with E-state index < -0.39 is 0 Å². The number of nitrogens with one attached hydrogen (secondary N) is 2. The molecule has 2 aromatic carbocycles. The molecule has 6 heteroatoms. The molecular weight excluding hydrogens is 367 g/mol. The number of amides is 1. The summed E-state index contributed by atoms with van der Waals surface area (Å²) in [5.74, 6) is -0.423. The highest BCUT2D eigenvalue weighted by atomic mass is 19.1. The molecule has 1 amide bonds. The van der Waals surface area contributed by atoms with Crippen LogP contribution in [0.3, 0.4) is 0 Å². The van der Waals surface area contributed by atoms with Crippen LogP contribution in [0, 0.1) is 19.7 Å². The highest BCUT2D eigenvalue weighted by Gasteiger charge is 2.18. The van der Waals surface area contributed by atoms with Gasteiger partial charge in [0.25, 0.3) is 0 Å². The first-order valence-corrected chi connectivity index (χ1v) is 9.60. The minimum absolute atomic E-state index is 0.113. The second-order valence-electron chi connectivity index (χ2n) is 7.32. The Morgan fingerprint density at radius 2 is 1.97 bits per heavy atom. The molecule has 0 fully saturated rings. The Bertz CT molecular complexity index is 1180. The van der Waals surface area contributed by atoms with Crippen molar-refractivity contribution in [2.75, 3.05) is 0 Å². The molecule has 4 rings (SSSR count). The number of halogens is 1. The van der Waals surface area contributed by atoms with Gasteiger partial charge in [-0.3, -0.25) is 4.79 Å². The fraction of sp³-hybridized carbons (Fsp3) is 0.217. The van der Waals surface area contributed by atoms with E-state index in [2.05, 4.69) is 15.4 Å². The van der Waals surface area contributed by atoms with Crippen LogP contribution in [0.1, 0.15) is 35.5 Å². The first-order valence-electron chi connectivity index (χ1n) is 9.60. The molecule has 2 aromatic heterocycles. The van der Waals surface area contributed by atoms with Gasteiger partial charge in [-0.2, -0.15) is 5.10 Å². The van der Waals surface area contributed by atoms with E-state index in [0.717, 1.165) is 39.1 Å². The number of fused-ring (bicyclic) bond motifs is 1. The molecule has 0 saturated carbocycles.